The second-order valence-electron chi connectivity index (χ2n) is 2.79. The van der Waals surface area contributed by atoms with Gasteiger partial charge in [-0.3, -0.25) is 4.79 Å². The molecule has 6 nitrogen and oxygen atoms in total. The molecular formula is C8H11ClN4O2. The van der Waals surface area contributed by atoms with E-state index in [1.807, 2.05) is 0 Å². The van der Waals surface area contributed by atoms with Crippen molar-refractivity contribution in [2.75, 3.05) is 19.0 Å². The van der Waals surface area contributed by atoms with E-state index in [2.05, 4.69) is 15.5 Å². The molecule has 7 heteroatoms. The van der Waals surface area contributed by atoms with E-state index >= 15 is 0 Å². The highest BCUT2D eigenvalue weighted by Gasteiger charge is 2.13. The Morgan fingerprint density at radius 2 is 2.40 bits per heavy atom. The molecule has 0 spiro atoms. The van der Waals surface area contributed by atoms with E-state index < -0.39 is 6.04 Å². The van der Waals surface area contributed by atoms with Crippen LogP contribution in [0, 0.1) is 0 Å². The van der Waals surface area contributed by atoms with Gasteiger partial charge in [-0.2, -0.15) is 0 Å². The van der Waals surface area contributed by atoms with Crippen LogP contribution in [0.1, 0.15) is 0 Å². The summed E-state index contributed by atoms with van der Waals surface area (Å²) in [6, 6.07) is 2.33. The summed E-state index contributed by atoms with van der Waals surface area (Å²) in [7, 11) is 1.47. The molecule has 0 aromatic carbocycles. The molecule has 1 atom stereocenters. The third-order valence-corrected chi connectivity index (χ3v) is 1.77. The van der Waals surface area contributed by atoms with Gasteiger partial charge in [0.2, 0.25) is 5.91 Å². The Bertz CT molecular complexity index is 330. The zero-order valence-electron chi connectivity index (χ0n) is 8.11. The fraction of sp³-hybridized carbons (Fsp3) is 0.375. The summed E-state index contributed by atoms with van der Waals surface area (Å²) in [4.78, 5) is 11.4. The van der Waals surface area contributed by atoms with Crippen molar-refractivity contribution in [3.8, 4) is 0 Å². The van der Waals surface area contributed by atoms with E-state index in [1.54, 1.807) is 0 Å². The van der Waals surface area contributed by atoms with E-state index in [1.165, 1.54) is 19.2 Å². The number of nitrogens with two attached hydrogens (primary N) is 1. The van der Waals surface area contributed by atoms with Crippen LogP contribution in [-0.4, -0.2) is 35.9 Å². The Kier molecular flexibility index (Phi) is 4.41. The first kappa shape index (κ1) is 11.8. The molecule has 0 fully saturated rings. The standard InChI is InChI=1S/C8H11ClN4O2/c1-15-4-5(10)8(14)11-7-3-2-6(9)12-13-7/h2-3,5H,4,10H2,1H3,(H,11,13,14). The number of hydrogen-bond acceptors (Lipinski definition) is 5. The van der Waals surface area contributed by atoms with Crippen LogP contribution in [0.3, 0.4) is 0 Å². The number of methoxy groups -OCH3 is 1. The molecule has 82 valence electrons. The highest BCUT2D eigenvalue weighted by Crippen LogP contribution is 2.05. The highest BCUT2D eigenvalue weighted by atomic mass is 35.5. The quantitative estimate of drug-likeness (QED) is 0.762. The second-order valence-corrected chi connectivity index (χ2v) is 3.18. The molecule has 3 N–H and O–H groups in total. The van der Waals surface area contributed by atoms with Gasteiger partial charge in [-0.1, -0.05) is 11.6 Å². The molecule has 1 rings (SSSR count). The number of amides is 1. The molecule has 0 aliphatic carbocycles. The number of rotatable bonds is 4. The first-order chi connectivity index (χ1) is 7.13. The fourth-order valence-electron chi connectivity index (χ4n) is 0.857. The largest absolute Gasteiger partial charge is 0.383 e. The molecule has 0 saturated carbocycles. The summed E-state index contributed by atoms with van der Waals surface area (Å²) < 4.78 is 4.74. The van der Waals surface area contributed by atoms with Crippen LogP contribution in [0.15, 0.2) is 12.1 Å². The number of nitrogens with zero attached hydrogens (tertiary/aromatic N) is 2. The van der Waals surface area contributed by atoms with Crippen LogP contribution < -0.4 is 11.1 Å². The van der Waals surface area contributed by atoms with Gasteiger partial charge < -0.3 is 15.8 Å². The molecule has 0 radical (unpaired) electrons. The van der Waals surface area contributed by atoms with E-state index in [-0.39, 0.29) is 17.7 Å². The van der Waals surface area contributed by atoms with Crippen molar-refractivity contribution in [3.63, 3.8) is 0 Å². The molecule has 1 aromatic heterocycles. The zero-order chi connectivity index (χ0) is 11.3. The Morgan fingerprint density at radius 3 is 2.93 bits per heavy atom. The molecule has 1 unspecified atom stereocenters. The number of carbonyl (C=O) groups is 1. The van der Waals surface area contributed by atoms with Gasteiger partial charge in [0.1, 0.15) is 6.04 Å². The number of nitrogens with one attached hydrogen (secondary N) is 1. The lowest BCUT2D eigenvalue weighted by Gasteiger charge is -2.09. The molecule has 1 aromatic rings. The molecule has 0 saturated heterocycles. The Hall–Kier alpha value is -1.24. The van der Waals surface area contributed by atoms with Crippen molar-refractivity contribution >= 4 is 23.3 Å². The summed E-state index contributed by atoms with van der Waals surface area (Å²) in [6.45, 7) is 0.146. The maximum Gasteiger partial charge on any atom is 0.244 e. The number of ether oxygens (including phenoxy) is 1. The minimum atomic E-state index is -0.729. The molecular weight excluding hydrogens is 220 g/mol. The predicted octanol–water partition coefficient (Wildman–Crippen LogP) is 0.0422. The van der Waals surface area contributed by atoms with Crippen LogP contribution in [0.2, 0.25) is 5.15 Å². The Morgan fingerprint density at radius 1 is 1.67 bits per heavy atom. The monoisotopic (exact) mass is 230 g/mol. The van der Waals surface area contributed by atoms with Crippen molar-refractivity contribution in [3.05, 3.63) is 17.3 Å². The fourth-order valence-corrected chi connectivity index (χ4v) is 0.958. The summed E-state index contributed by atoms with van der Waals surface area (Å²) in [6.07, 6.45) is 0. The summed E-state index contributed by atoms with van der Waals surface area (Å²) in [5.74, 6) is -0.0792. The lowest BCUT2D eigenvalue weighted by molar-refractivity contribution is -0.118. The number of carbonyl (C=O) groups excluding carboxylic acids is 1. The van der Waals surface area contributed by atoms with Crippen molar-refractivity contribution < 1.29 is 9.53 Å². The molecule has 0 aliphatic heterocycles. The maximum atomic E-state index is 11.4. The average Bonchev–Trinajstić information content (AvgIpc) is 2.22. The average molecular weight is 231 g/mol. The minimum absolute atomic E-state index is 0.146. The van der Waals surface area contributed by atoms with Crippen LogP contribution in [0.5, 0.6) is 0 Å². The lowest BCUT2D eigenvalue weighted by atomic mass is 10.3. The van der Waals surface area contributed by atoms with Crippen molar-refractivity contribution in [2.24, 2.45) is 5.73 Å². The van der Waals surface area contributed by atoms with Gasteiger partial charge in [0.25, 0.3) is 0 Å². The van der Waals surface area contributed by atoms with Crippen LogP contribution in [0.25, 0.3) is 0 Å². The summed E-state index contributed by atoms with van der Waals surface area (Å²) in [5.41, 5.74) is 5.49. The van der Waals surface area contributed by atoms with Gasteiger partial charge in [0.15, 0.2) is 11.0 Å². The second kappa shape index (κ2) is 5.59. The summed E-state index contributed by atoms with van der Waals surface area (Å²) in [5, 5.41) is 9.95. The normalized spacial score (nSPS) is 12.2. The third kappa shape index (κ3) is 3.78. The zero-order valence-corrected chi connectivity index (χ0v) is 8.86. The van der Waals surface area contributed by atoms with E-state index in [4.69, 9.17) is 22.1 Å². The highest BCUT2D eigenvalue weighted by molar-refractivity contribution is 6.29. The van der Waals surface area contributed by atoms with Crippen LogP contribution in [0.4, 0.5) is 5.82 Å². The molecule has 1 heterocycles. The van der Waals surface area contributed by atoms with E-state index in [9.17, 15) is 4.79 Å². The number of aromatic nitrogens is 2. The van der Waals surface area contributed by atoms with Crippen molar-refractivity contribution in [1.29, 1.82) is 0 Å². The molecule has 1 amide bonds. The first-order valence-corrected chi connectivity index (χ1v) is 4.56. The van der Waals surface area contributed by atoms with Crippen molar-refractivity contribution in [2.45, 2.75) is 6.04 Å². The lowest BCUT2D eigenvalue weighted by Crippen LogP contribution is -2.39. The third-order valence-electron chi connectivity index (χ3n) is 1.57. The van der Waals surface area contributed by atoms with Crippen molar-refractivity contribution in [1.82, 2.24) is 10.2 Å². The van der Waals surface area contributed by atoms with Gasteiger partial charge in [-0.15, -0.1) is 10.2 Å². The number of anilines is 1. The van der Waals surface area contributed by atoms with Gasteiger partial charge in [-0.25, -0.2) is 0 Å². The van der Waals surface area contributed by atoms with Gasteiger partial charge in [-0.05, 0) is 12.1 Å². The Labute approximate surface area is 91.8 Å². The molecule has 0 aliphatic rings. The minimum Gasteiger partial charge on any atom is -0.383 e. The summed E-state index contributed by atoms with van der Waals surface area (Å²) >= 11 is 5.53. The molecule has 0 bridgehead atoms. The van der Waals surface area contributed by atoms with Gasteiger partial charge in [0, 0.05) is 7.11 Å². The number of halogens is 1. The smallest absolute Gasteiger partial charge is 0.244 e. The first-order valence-electron chi connectivity index (χ1n) is 4.18. The predicted molar refractivity (Wildman–Crippen MR) is 55.5 cm³/mol. The van der Waals surface area contributed by atoms with E-state index in [0.717, 1.165) is 0 Å². The number of hydrogen-bond donors (Lipinski definition) is 2. The van der Waals surface area contributed by atoms with Gasteiger partial charge >= 0.3 is 0 Å². The SMILES string of the molecule is COCC(N)C(=O)Nc1ccc(Cl)nn1. The maximum absolute atomic E-state index is 11.4. The van der Waals surface area contributed by atoms with Gasteiger partial charge in [0.05, 0.1) is 6.61 Å². The molecule has 15 heavy (non-hydrogen) atoms. The van der Waals surface area contributed by atoms with Crippen LogP contribution in [-0.2, 0) is 9.53 Å². The van der Waals surface area contributed by atoms with Crippen LogP contribution >= 0.6 is 11.6 Å². The van der Waals surface area contributed by atoms with E-state index in [0.29, 0.717) is 5.82 Å². The Balaban J connectivity index is 2.54. The topological polar surface area (TPSA) is 90.1 Å².